The van der Waals surface area contributed by atoms with Crippen LogP contribution in [0.3, 0.4) is 0 Å². The Morgan fingerprint density at radius 2 is 2.18 bits per heavy atom. The molecule has 0 bridgehead atoms. The highest BCUT2D eigenvalue weighted by atomic mass is 16.2. The molecule has 0 fully saturated rings. The molecule has 0 aliphatic rings. The first kappa shape index (κ1) is 7.64. The van der Waals surface area contributed by atoms with Crippen molar-refractivity contribution in [2.24, 2.45) is 0 Å². The minimum Gasteiger partial charge on any atom is -0.328 e. The second-order valence-corrected chi connectivity index (χ2v) is 2.30. The normalized spacial score (nSPS) is 9.73. The molecule has 0 aliphatic heterocycles. The van der Waals surface area contributed by atoms with E-state index in [1.807, 2.05) is 0 Å². The third-order valence-corrected chi connectivity index (χ3v) is 1.07. The molecule has 6 heteroatoms. The first-order valence-corrected chi connectivity index (χ1v) is 3.09. The molecule has 1 heterocycles. The maximum Gasteiger partial charge on any atom is 0.362 e. The van der Waals surface area contributed by atoms with E-state index in [-0.39, 0.29) is 6.03 Å². The van der Waals surface area contributed by atoms with Crippen LogP contribution in [0.1, 0.15) is 5.82 Å². The molecule has 1 aromatic rings. The standard InChI is InChI=1S/C5H9N5O/c1-4-6-8-10(7-4)5(11)9(2)3/h1-3H3. The average molecular weight is 155 g/mol. The Labute approximate surface area is 63.8 Å². The number of carbonyl (C=O) groups is 1. The van der Waals surface area contributed by atoms with Crippen LogP contribution >= 0.6 is 0 Å². The average Bonchev–Trinajstić information content (AvgIpc) is 2.34. The number of rotatable bonds is 0. The van der Waals surface area contributed by atoms with Gasteiger partial charge in [-0.25, -0.2) is 4.79 Å². The maximum absolute atomic E-state index is 11.1. The van der Waals surface area contributed by atoms with Crippen molar-refractivity contribution < 1.29 is 4.79 Å². The Bertz CT molecular complexity index is 266. The molecule has 0 radical (unpaired) electrons. The largest absolute Gasteiger partial charge is 0.362 e. The molecular formula is C5H9N5O. The van der Waals surface area contributed by atoms with E-state index >= 15 is 0 Å². The number of hydrogen-bond donors (Lipinski definition) is 0. The van der Waals surface area contributed by atoms with Gasteiger partial charge in [0.25, 0.3) is 0 Å². The molecule has 0 N–H and O–H groups in total. The van der Waals surface area contributed by atoms with Crippen molar-refractivity contribution in [2.75, 3.05) is 14.1 Å². The molecule has 0 atom stereocenters. The van der Waals surface area contributed by atoms with Crippen molar-refractivity contribution in [2.45, 2.75) is 6.92 Å². The fourth-order valence-electron chi connectivity index (χ4n) is 0.544. The maximum atomic E-state index is 11.1. The summed E-state index contributed by atoms with van der Waals surface area (Å²) in [5, 5.41) is 10.8. The molecule has 0 unspecified atom stereocenters. The number of amides is 1. The fourth-order valence-corrected chi connectivity index (χ4v) is 0.544. The lowest BCUT2D eigenvalue weighted by Gasteiger charge is -2.06. The SMILES string of the molecule is Cc1nnn(C(=O)N(C)C)n1. The Hall–Kier alpha value is -1.46. The van der Waals surface area contributed by atoms with E-state index in [2.05, 4.69) is 15.4 Å². The lowest BCUT2D eigenvalue weighted by molar-refractivity contribution is 0.211. The van der Waals surface area contributed by atoms with Gasteiger partial charge in [0, 0.05) is 14.1 Å². The lowest BCUT2D eigenvalue weighted by Crippen LogP contribution is -2.29. The van der Waals surface area contributed by atoms with Crippen LogP contribution in [-0.2, 0) is 0 Å². The van der Waals surface area contributed by atoms with E-state index in [1.54, 1.807) is 21.0 Å². The summed E-state index contributed by atoms with van der Waals surface area (Å²) in [7, 11) is 3.25. The summed E-state index contributed by atoms with van der Waals surface area (Å²) < 4.78 is 0. The Balaban J connectivity index is 2.85. The predicted molar refractivity (Wildman–Crippen MR) is 37.0 cm³/mol. The summed E-state index contributed by atoms with van der Waals surface area (Å²) in [6, 6.07) is -0.300. The molecular weight excluding hydrogens is 146 g/mol. The summed E-state index contributed by atoms with van der Waals surface area (Å²) in [5.41, 5.74) is 0. The zero-order valence-corrected chi connectivity index (χ0v) is 6.64. The highest BCUT2D eigenvalue weighted by Crippen LogP contribution is 1.85. The molecule has 60 valence electrons. The monoisotopic (exact) mass is 155 g/mol. The summed E-state index contributed by atoms with van der Waals surface area (Å²) >= 11 is 0. The molecule has 0 aliphatic carbocycles. The Kier molecular flexibility index (Phi) is 1.84. The van der Waals surface area contributed by atoms with Crippen molar-refractivity contribution in [3.63, 3.8) is 0 Å². The molecule has 0 saturated carbocycles. The van der Waals surface area contributed by atoms with Crippen LogP contribution in [0.15, 0.2) is 0 Å². The third kappa shape index (κ3) is 1.51. The van der Waals surface area contributed by atoms with Gasteiger partial charge in [-0.2, -0.15) is 0 Å². The second-order valence-electron chi connectivity index (χ2n) is 2.30. The Morgan fingerprint density at radius 1 is 1.55 bits per heavy atom. The first-order chi connectivity index (χ1) is 5.11. The minimum atomic E-state index is -0.300. The minimum absolute atomic E-state index is 0.300. The summed E-state index contributed by atoms with van der Waals surface area (Å²) in [5.74, 6) is 0.486. The molecule has 0 spiro atoms. The number of aromatic nitrogens is 4. The summed E-state index contributed by atoms with van der Waals surface area (Å²) in [6.45, 7) is 1.67. The quantitative estimate of drug-likeness (QED) is 0.507. The van der Waals surface area contributed by atoms with Crippen LogP contribution in [0.5, 0.6) is 0 Å². The number of nitrogens with zero attached hydrogens (tertiary/aromatic N) is 5. The summed E-state index contributed by atoms with van der Waals surface area (Å²) in [6.07, 6.45) is 0. The number of aryl methyl sites for hydroxylation is 1. The van der Waals surface area contributed by atoms with Gasteiger partial charge in [-0.1, -0.05) is 4.80 Å². The van der Waals surface area contributed by atoms with Gasteiger partial charge in [-0.15, -0.1) is 10.2 Å². The number of hydrogen-bond acceptors (Lipinski definition) is 4. The number of tetrazole rings is 1. The van der Waals surface area contributed by atoms with E-state index in [9.17, 15) is 4.79 Å². The first-order valence-electron chi connectivity index (χ1n) is 3.09. The van der Waals surface area contributed by atoms with Gasteiger partial charge in [0.2, 0.25) is 0 Å². The smallest absolute Gasteiger partial charge is 0.328 e. The summed E-state index contributed by atoms with van der Waals surface area (Å²) in [4.78, 5) is 13.4. The van der Waals surface area contributed by atoms with Crippen LogP contribution in [0.25, 0.3) is 0 Å². The van der Waals surface area contributed by atoms with Gasteiger partial charge in [0.1, 0.15) is 0 Å². The van der Waals surface area contributed by atoms with Gasteiger partial charge in [0.15, 0.2) is 5.82 Å². The molecule has 0 saturated heterocycles. The van der Waals surface area contributed by atoms with E-state index < -0.39 is 0 Å². The fraction of sp³-hybridized carbons (Fsp3) is 0.600. The van der Waals surface area contributed by atoms with Crippen molar-refractivity contribution in [3.05, 3.63) is 5.82 Å². The second kappa shape index (κ2) is 2.65. The van der Waals surface area contributed by atoms with E-state index in [0.29, 0.717) is 5.82 Å². The lowest BCUT2D eigenvalue weighted by atomic mass is 10.8. The zero-order chi connectivity index (χ0) is 8.43. The number of carbonyl (C=O) groups excluding carboxylic acids is 1. The zero-order valence-electron chi connectivity index (χ0n) is 6.64. The highest BCUT2D eigenvalue weighted by Gasteiger charge is 2.09. The molecule has 0 aromatic carbocycles. The van der Waals surface area contributed by atoms with Crippen molar-refractivity contribution >= 4 is 6.03 Å². The van der Waals surface area contributed by atoms with E-state index in [4.69, 9.17) is 0 Å². The van der Waals surface area contributed by atoms with Gasteiger partial charge in [-0.3, -0.25) is 0 Å². The van der Waals surface area contributed by atoms with Crippen molar-refractivity contribution in [1.82, 2.24) is 25.1 Å². The predicted octanol–water partition coefficient (Wildman–Crippen LogP) is -0.489. The molecule has 1 amide bonds. The van der Waals surface area contributed by atoms with Crippen LogP contribution < -0.4 is 0 Å². The topological polar surface area (TPSA) is 63.9 Å². The van der Waals surface area contributed by atoms with Crippen molar-refractivity contribution in [1.29, 1.82) is 0 Å². The Morgan fingerprint density at radius 3 is 2.55 bits per heavy atom. The van der Waals surface area contributed by atoms with Crippen LogP contribution in [-0.4, -0.2) is 45.2 Å². The molecule has 6 nitrogen and oxygen atoms in total. The van der Waals surface area contributed by atoms with Crippen LogP contribution in [0.2, 0.25) is 0 Å². The molecule has 11 heavy (non-hydrogen) atoms. The van der Waals surface area contributed by atoms with Crippen LogP contribution in [0.4, 0.5) is 4.79 Å². The van der Waals surface area contributed by atoms with E-state index in [1.165, 1.54) is 4.90 Å². The van der Waals surface area contributed by atoms with E-state index in [0.717, 1.165) is 4.80 Å². The highest BCUT2D eigenvalue weighted by molar-refractivity contribution is 5.73. The van der Waals surface area contributed by atoms with Gasteiger partial charge in [-0.05, 0) is 12.1 Å². The van der Waals surface area contributed by atoms with Crippen molar-refractivity contribution in [3.8, 4) is 0 Å². The van der Waals surface area contributed by atoms with Crippen LogP contribution in [0, 0.1) is 6.92 Å². The third-order valence-electron chi connectivity index (χ3n) is 1.07. The van der Waals surface area contributed by atoms with Gasteiger partial charge < -0.3 is 4.90 Å². The molecule has 1 rings (SSSR count). The van der Waals surface area contributed by atoms with Gasteiger partial charge in [0.05, 0.1) is 0 Å². The van der Waals surface area contributed by atoms with Gasteiger partial charge >= 0.3 is 6.03 Å². The molecule has 1 aromatic heterocycles.